The number of phenols is 1. The van der Waals surface area contributed by atoms with E-state index >= 15 is 0 Å². The maximum atomic E-state index is 10.5. The maximum Gasteiger partial charge on any atom is 0.186 e. The number of aromatic hydroxyl groups is 1. The van der Waals surface area contributed by atoms with Crippen LogP contribution in [-0.2, 0) is 15.9 Å². The van der Waals surface area contributed by atoms with Crippen molar-refractivity contribution in [1.29, 1.82) is 0 Å². The molecule has 8 heteroatoms. The van der Waals surface area contributed by atoms with Gasteiger partial charge in [-0.2, -0.15) is 0 Å². The first kappa shape index (κ1) is 23.3. The lowest BCUT2D eigenvalue weighted by Crippen LogP contribution is -2.60. The third-order valence-corrected chi connectivity index (χ3v) is 9.08. The molecule has 1 aromatic carbocycles. The summed E-state index contributed by atoms with van der Waals surface area (Å²) in [5.74, 6) is 2.11. The summed E-state index contributed by atoms with van der Waals surface area (Å²) in [6, 6.07) is 3.87. The summed E-state index contributed by atoms with van der Waals surface area (Å²) in [6.45, 7) is 1.81. The lowest BCUT2D eigenvalue weighted by molar-refractivity contribution is -0.319. The van der Waals surface area contributed by atoms with Crippen LogP contribution in [0.25, 0.3) is 0 Å². The molecule has 1 unspecified atom stereocenters. The first-order chi connectivity index (χ1) is 15.8. The van der Waals surface area contributed by atoms with Gasteiger partial charge in [0.25, 0.3) is 0 Å². The summed E-state index contributed by atoms with van der Waals surface area (Å²) < 4.78 is 17.3. The van der Waals surface area contributed by atoms with Gasteiger partial charge in [0, 0.05) is 0 Å². The third-order valence-electron chi connectivity index (χ3n) is 9.08. The van der Waals surface area contributed by atoms with Crippen molar-refractivity contribution >= 4 is 0 Å². The van der Waals surface area contributed by atoms with Crippen LogP contribution in [0.15, 0.2) is 12.1 Å². The molecule has 3 aliphatic carbocycles. The molecule has 2 saturated carbocycles. The monoisotopic (exact) mass is 464 g/mol. The molecule has 33 heavy (non-hydrogen) atoms. The lowest BCUT2D eigenvalue weighted by atomic mass is 9.55. The highest BCUT2D eigenvalue weighted by molar-refractivity contribution is 5.49. The second kappa shape index (κ2) is 8.66. The Balaban J connectivity index is 1.35. The zero-order chi connectivity index (χ0) is 23.5. The fourth-order valence-corrected chi connectivity index (χ4v) is 7.27. The molecule has 3 fully saturated rings. The number of methoxy groups -OCH3 is 1. The van der Waals surface area contributed by atoms with Gasteiger partial charge in [0.15, 0.2) is 17.8 Å². The largest absolute Gasteiger partial charge is 0.504 e. The Bertz CT molecular complexity index is 874. The molecule has 1 aliphatic heterocycles. The average molecular weight is 465 g/mol. The standard InChI is InChI=1S/C25H36O8/c1-25-8-7-13-14(4-3-12-9-17(27)18(31-2)10-15(12)13)16(25)5-6-20(25)33-24-23(30)22(29)21(28)19(11-26)32-24/h9-10,13-14,16,19-24,26-30H,3-8,11H2,1-2H3/t13-,14+,16-,19+,20-,21-,22-,23+,24?,25-/m0/s1. The van der Waals surface area contributed by atoms with Crippen LogP contribution in [0.5, 0.6) is 11.5 Å². The highest BCUT2D eigenvalue weighted by atomic mass is 16.7. The number of aryl methyl sites for hydroxylation is 1. The number of hydrogen-bond donors (Lipinski definition) is 5. The van der Waals surface area contributed by atoms with Crippen molar-refractivity contribution in [3.63, 3.8) is 0 Å². The number of aliphatic hydroxyl groups excluding tert-OH is 4. The zero-order valence-corrected chi connectivity index (χ0v) is 19.3. The molecule has 1 aromatic rings. The van der Waals surface area contributed by atoms with Crippen LogP contribution in [0.3, 0.4) is 0 Å². The van der Waals surface area contributed by atoms with Gasteiger partial charge in [-0.15, -0.1) is 0 Å². The molecule has 0 radical (unpaired) electrons. The summed E-state index contributed by atoms with van der Waals surface area (Å²) in [7, 11) is 1.58. The molecule has 184 valence electrons. The van der Waals surface area contributed by atoms with E-state index in [1.54, 1.807) is 7.11 Å². The van der Waals surface area contributed by atoms with Crippen LogP contribution in [0.4, 0.5) is 0 Å². The van der Waals surface area contributed by atoms with Gasteiger partial charge in [0.05, 0.1) is 19.8 Å². The summed E-state index contributed by atoms with van der Waals surface area (Å²) in [5.41, 5.74) is 2.42. The highest BCUT2D eigenvalue weighted by Crippen LogP contribution is 2.62. The minimum atomic E-state index is -1.43. The van der Waals surface area contributed by atoms with Gasteiger partial charge in [-0.3, -0.25) is 0 Å². The minimum absolute atomic E-state index is 0.0848. The summed E-state index contributed by atoms with van der Waals surface area (Å²) in [6.07, 6.45) is -0.548. The molecule has 1 saturated heterocycles. The Labute approximate surface area is 194 Å². The van der Waals surface area contributed by atoms with E-state index in [0.717, 1.165) is 38.5 Å². The van der Waals surface area contributed by atoms with Crippen molar-refractivity contribution in [3.05, 3.63) is 23.3 Å². The molecule has 0 bridgehead atoms. The first-order valence-electron chi connectivity index (χ1n) is 12.1. The van der Waals surface area contributed by atoms with Crippen LogP contribution < -0.4 is 4.74 Å². The quantitative estimate of drug-likeness (QED) is 0.453. The molecule has 8 nitrogen and oxygen atoms in total. The second-order valence-corrected chi connectivity index (χ2v) is 10.6. The van der Waals surface area contributed by atoms with Crippen molar-refractivity contribution in [2.24, 2.45) is 17.3 Å². The smallest absolute Gasteiger partial charge is 0.186 e. The predicted octanol–water partition coefficient (Wildman–Crippen LogP) is 1.44. The second-order valence-electron chi connectivity index (χ2n) is 10.6. The van der Waals surface area contributed by atoms with E-state index in [9.17, 15) is 25.5 Å². The van der Waals surface area contributed by atoms with Gasteiger partial charge in [-0.1, -0.05) is 6.92 Å². The average Bonchev–Trinajstić information content (AvgIpc) is 3.14. The molecule has 1 heterocycles. The fraction of sp³-hybridized carbons (Fsp3) is 0.760. The number of fused-ring (bicyclic) bond motifs is 5. The lowest BCUT2D eigenvalue weighted by Gasteiger charge is -2.51. The van der Waals surface area contributed by atoms with E-state index in [-0.39, 0.29) is 17.3 Å². The Morgan fingerprint density at radius 1 is 1.06 bits per heavy atom. The molecular weight excluding hydrogens is 428 g/mol. The number of rotatable bonds is 4. The molecule has 5 rings (SSSR count). The summed E-state index contributed by atoms with van der Waals surface area (Å²) in [4.78, 5) is 0. The van der Waals surface area contributed by atoms with Crippen LogP contribution in [0.2, 0.25) is 0 Å². The van der Waals surface area contributed by atoms with E-state index in [1.807, 2.05) is 12.1 Å². The predicted molar refractivity (Wildman–Crippen MR) is 118 cm³/mol. The molecule has 10 atom stereocenters. The van der Waals surface area contributed by atoms with Gasteiger partial charge >= 0.3 is 0 Å². The van der Waals surface area contributed by atoms with Gasteiger partial charge in [-0.25, -0.2) is 0 Å². The van der Waals surface area contributed by atoms with Gasteiger partial charge in [0.2, 0.25) is 0 Å². The number of benzene rings is 1. The number of aliphatic hydroxyl groups is 4. The molecule has 0 spiro atoms. The van der Waals surface area contributed by atoms with Crippen LogP contribution in [-0.4, -0.2) is 76.1 Å². The Kier molecular flexibility index (Phi) is 6.12. The van der Waals surface area contributed by atoms with Crippen molar-refractivity contribution in [3.8, 4) is 11.5 Å². The summed E-state index contributed by atoms with van der Waals surface area (Å²) >= 11 is 0. The van der Waals surface area contributed by atoms with Crippen molar-refractivity contribution in [2.45, 2.75) is 88.2 Å². The van der Waals surface area contributed by atoms with E-state index in [1.165, 1.54) is 11.1 Å². The molecule has 4 aliphatic rings. The first-order valence-corrected chi connectivity index (χ1v) is 12.1. The Morgan fingerprint density at radius 2 is 1.85 bits per heavy atom. The van der Waals surface area contributed by atoms with E-state index < -0.39 is 37.3 Å². The fourth-order valence-electron chi connectivity index (χ4n) is 7.27. The Hall–Kier alpha value is -1.42. The SMILES string of the molecule is COc1cc2c(cc1O)CC[C@@H]1[C@@H]2CC[C@]2(C)[C@@H](OC3O[C@H](CO)[C@H](O)[C@H](O)[C@H]3O)CC[C@@H]12. The molecule has 5 N–H and O–H groups in total. The van der Waals surface area contributed by atoms with E-state index in [0.29, 0.717) is 23.5 Å². The van der Waals surface area contributed by atoms with Crippen molar-refractivity contribution in [1.82, 2.24) is 0 Å². The third kappa shape index (κ3) is 3.66. The van der Waals surface area contributed by atoms with Crippen molar-refractivity contribution < 1.29 is 39.7 Å². The van der Waals surface area contributed by atoms with Crippen LogP contribution >= 0.6 is 0 Å². The van der Waals surface area contributed by atoms with Gasteiger partial charge < -0.3 is 39.7 Å². The van der Waals surface area contributed by atoms with Gasteiger partial charge in [0.1, 0.15) is 24.4 Å². The summed E-state index contributed by atoms with van der Waals surface area (Å²) in [5, 5.41) is 50.4. The normalized spacial score (nSPS) is 44.6. The zero-order valence-electron chi connectivity index (χ0n) is 19.3. The molecule has 0 amide bonds. The van der Waals surface area contributed by atoms with E-state index in [4.69, 9.17) is 14.2 Å². The van der Waals surface area contributed by atoms with Crippen LogP contribution in [0.1, 0.15) is 56.1 Å². The number of phenolic OH excluding ortho intramolecular Hbond substituents is 1. The number of ether oxygens (including phenoxy) is 3. The molecule has 0 aromatic heterocycles. The topological polar surface area (TPSA) is 129 Å². The van der Waals surface area contributed by atoms with Crippen LogP contribution in [0, 0.1) is 17.3 Å². The maximum absolute atomic E-state index is 10.5. The van der Waals surface area contributed by atoms with Crippen molar-refractivity contribution in [2.75, 3.05) is 13.7 Å². The van der Waals surface area contributed by atoms with E-state index in [2.05, 4.69) is 6.92 Å². The van der Waals surface area contributed by atoms with Gasteiger partial charge in [-0.05, 0) is 85.0 Å². The highest BCUT2D eigenvalue weighted by Gasteiger charge is 2.57. The minimum Gasteiger partial charge on any atom is -0.504 e. The Morgan fingerprint density at radius 3 is 2.58 bits per heavy atom. The number of hydrogen-bond acceptors (Lipinski definition) is 8. The molecular formula is C25H36O8.